The molecule has 1 atom stereocenters. The summed E-state index contributed by atoms with van der Waals surface area (Å²) in [7, 11) is 1.65. The van der Waals surface area contributed by atoms with Gasteiger partial charge in [-0.25, -0.2) is 4.79 Å². The summed E-state index contributed by atoms with van der Waals surface area (Å²) in [5.74, 6) is 0.00604. The van der Waals surface area contributed by atoms with Crippen LogP contribution in [0.4, 0.5) is 0 Å². The summed E-state index contributed by atoms with van der Waals surface area (Å²) in [5.41, 5.74) is 2.29. The van der Waals surface area contributed by atoms with Crippen LogP contribution in [0.5, 0.6) is 5.75 Å². The average Bonchev–Trinajstić information content (AvgIpc) is 3.16. The molecule has 0 spiro atoms. The van der Waals surface area contributed by atoms with Crippen molar-refractivity contribution in [2.45, 2.75) is 31.7 Å². The fourth-order valence-electron chi connectivity index (χ4n) is 3.54. The van der Waals surface area contributed by atoms with Gasteiger partial charge in [0.2, 0.25) is 5.91 Å². The minimum atomic E-state index is -0.940. The fraction of sp³-hybridized carbons (Fsp3) is 0.333. The zero-order valence-corrected chi connectivity index (χ0v) is 14.9. The molecule has 1 saturated heterocycles. The van der Waals surface area contributed by atoms with Crippen LogP contribution in [0.25, 0.3) is 0 Å². The number of carboxylic acid groups (broad SMARTS) is 1. The van der Waals surface area contributed by atoms with Gasteiger partial charge < -0.3 is 14.7 Å². The molecule has 0 unspecified atom stereocenters. The van der Waals surface area contributed by atoms with Crippen LogP contribution in [-0.4, -0.2) is 35.5 Å². The predicted octanol–water partition coefficient (Wildman–Crippen LogP) is 3.69. The molecule has 1 aliphatic rings. The number of aromatic carboxylic acids is 1. The minimum Gasteiger partial charge on any atom is -0.496 e. The Labute approximate surface area is 153 Å². The molecule has 2 aromatic carbocycles. The van der Waals surface area contributed by atoms with Gasteiger partial charge in [0.05, 0.1) is 18.7 Å². The van der Waals surface area contributed by atoms with Crippen molar-refractivity contribution in [2.24, 2.45) is 0 Å². The highest BCUT2D eigenvalue weighted by atomic mass is 16.5. The van der Waals surface area contributed by atoms with Crippen molar-refractivity contribution in [3.63, 3.8) is 0 Å². The normalized spacial score (nSPS) is 16.5. The van der Waals surface area contributed by atoms with Crippen molar-refractivity contribution in [3.8, 4) is 5.75 Å². The minimum absolute atomic E-state index is 0.0630. The Kier molecular flexibility index (Phi) is 5.56. The van der Waals surface area contributed by atoms with Crippen molar-refractivity contribution in [1.82, 2.24) is 4.90 Å². The lowest BCUT2D eigenvalue weighted by Gasteiger charge is -2.26. The third-order valence-electron chi connectivity index (χ3n) is 4.90. The zero-order valence-electron chi connectivity index (χ0n) is 14.9. The largest absolute Gasteiger partial charge is 0.496 e. The number of hydrogen-bond donors (Lipinski definition) is 1. The maximum absolute atomic E-state index is 12.8. The monoisotopic (exact) mass is 353 g/mol. The van der Waals surface area contributed by atoms with E-state index in [4.69, 9.17) is 9.84 Å². The van der Waals surface area contributed by atoms with Crippen LogP contribution in [0, 0.1) is 0 Å². The standard InChI is InChI=1S/C21H23NO4/c1-26-19-7-3-2-5-17(19)18-6-4-14-22(18)20(23)13-10-15-8-11-16(12-9-15)21(24)25/h2-3,5,7-9,11-12,18H,4,6,10,13-14H2,1H3,(H,24,25)/t18-/m0/s1. The molecule has 0 saturated carbocycles. The number of carbonyl (C=O) groups excluding carboxylic acids is 1. The van der Waals surface area contributed by atoms with Crippen LogP contribution < -0.4 is 4.74 Å². The first-order valence-electron chi connectivity index (χ1n) is 8.85. The Balaban J connectivity index is 1.66. The second kappa shape index (κ2) is 8.04. The first-order chi connectivity index (χ1) is 12.6. The number of carbonyl (C=O) groups is 2. The molecular weight excluding hydrogens is 330 g/mol. The van der Waals surface area contributed by atoms with E-state index >= 15 is 0 Å². The second-order valence-corrected chi connectivity index (χ2v) is 6.49. The number of aryl methyl sites for hydroxylation is 1. The molecule has 0 radical (unpaired) electrons. The van der Waals surface area contributed by atoms with E-state index in [1.54, 1.807) is 31.4 Å². The lowest BCUT2D eigenvalue weighted by molar-refractivity contribution is -0.132. The average molecular weight is 353 g/mol. The maximum atomic E-state index is 12.8. The highest BCUT2D eigenvalue weighted by molar-refractivity contribution is 5.87. The lowest BCUT2D eigenvalue weighted by atomic mass is 10.0. The number of methoxy groups -OCH3 is 1. The van der Waals surface area contributed by atoms with Crippen molar-refractivity contribution < 1.29 is 19.4 Å². The van der Waals surface area contributed by atoms with Gasteiger partial charge in [0.1, 0.15) is 5.75 Å². The van der Waals surface area contributed by atoms with E-state index in [1.165, 1.54) is 0 Å². The summed E-state index contributed by atoms with van der Waals surface area (Å²) in [5, 5.41) is 8.95. The molecule has 1 N–H and O–H groups in total. The molecule has 3 rings (SSSR count). The molecule has 136 valence electrons. The van der Waals surface area contributed by atoms with Gasteiger partial charge >= 0.3 is 5.97 Å². The fourth-order valence-corrected chi connectivity index (χ4v) is 3.54. The number of likely N-dealkylation sites (tertiary alicyclic amines) is 1. The number of benzene rings is 2. The number of rotatable bonds is 6. The SMILES string of the molecule is COc1ccccc1[C@@H]1CCCN1C(=O)CCc1ccc(C(=O)O)cc1. The molecule has 0 aliphatic carbocycles. The molecule has 0 aromatic heterocycles. The Hall–Kier alpha value is -2.82. The van der Waals surface area contributed by atoms with Crippen molar-refractivity contribution in [1.29, 1.82) is 0 Å². The third kappa shape index (κ3) is 3.87. The molecule has 2 aromatic rings. The van der Waals surface area contributed by atoms with Gasteiger partial charge in [-0.2, -0.15) is 0 Å². The van der Waals surface area contributed by atoms with E-state index in [0.717, 1.165) is 36.3 Å². The summed E-state index contributed by atoms with van der Waals surface area (Å²) in [6.07, 6.45) is 2.95. The van der Waals surface area contributed by atoms with Crippen LogP contribution in [0.1, 0.15) is 46.8 Å². The summed E-state index contributed by atoms with van der Waals surface area (Å²) in [6.45, 7) is 0.763. The molecule has 1 amide bonds. The lowest BCUT2D eigenvalue weighted by Crippen LogP contribution is -2.30. The van der Waals surface area contributed by atoms with E-state index in [1.807, 2.05) is 29.2 Å². The summed E-state index contributed by atoms with van der Waals surface area (Å²) in [4.78, 5) is 25.6. The van der Waals surface area contributed by atoms with E-state index in [-0.39, 0.29) is 17.5 Å². The zero-order chi connectivity index (χ0) is 18.5. The molecule has 5 nitrogen and oxygen atoms in total. The molecule has 1 fully saturated rings. The molecule has 1 aliphatic heterocycles. The maximum Gasteiger partial charge on any atom is 0.335 e. The van der Waals surface area contributed by atoms with Gasteiger partial charge in [-0.3, -0.25) is 4.79 Å². The molecule has 0 bridgehead atoms. The van der Waals surface area contributed by atoms with Crippen molar-refractivity contribution in [2.75, 3.05) is 13.7 Å². The van der Waals surface area contributed by atoms with E-state index in [2.05, 4.69) is 0 Å². The Morgan fingerprint density at radius 2 is 1.88 bits per heavy atom. The van der Waals surface area contributed by atoms with E-state index in [0.29, 0.717) is 12.8 Å². The number of hydrogen-bond acceptors (Lipinski definition) is 3. The van der Waals surface area contributed by atoms with Gasteiger partial charge in [0, 0.05) is 18.5 Å². The topological polar surface area (TPSA) is 66.8 Å². The van der Waals surface area contributed by atoms with Gasteiger partial charge in [-0.1, -0.05) is 30.3 Å². The first kappa shape index (κ1) is 18.0. The van der Waals surface area contributed by atoms with Crippen LogP contribution in [0.3, 0.4) is 0 Å². The van der Waals surface area contributed by atoms with Gasteiger partial charge in [-0.05, 0) is 43.0 Å². The van der Waals surface area contributed by atoms with Crippen molar-refractivity contribution in [3.05, 3.63) is 65.2 Å². The Morgan fingerprint density at radius 1 is 1.15 bits per heavy atom. The molecule has 26 heavy (non-hydrogen) atoms. The molecule has 1 heterocycles. The van der Waals surface area contributed by atoms with Crippen LogP contribution in [0.2, 0.25) is 0 Å². The second-order valence-electron chi connectivity index (χ2n) is 6.49. The number of ether oxygens (including phenoxy) is 1. The predicted molar refractivity (Wildman–Crippen MR) is 98.4 cm³/mol. The summed E-state index contributed by atoms with van der Waals surface area (Å²) in [6, 6.07) is 14.6. The highest BCUT2D eigenvalue weighted by Gasteiger charge is 2.31. The summed E-state index contributed by atoms with van der Waals surface area (Å²) >= 11 is 0. The smallest absolute Gasteiger partial charge is 0.335 e. The quantitative estimate of drug-likeness (QED) is 0.860. The van der Waals surface area contributed by atoms with Gasteiger partial charge in [-0.15, -0.1) is 0 Å². The number of carboxylic acids is 1. The van der Waals surface area contributed by atoms with Crippen LogP contribution >= 0.6 is 0 Å². The highest BCUT2D eigenvalue weighted by Crippen LogP contribution is 2.37. The summed E-state index contributed by atoms with van der Waals surface area (Å²) < 4.78 is 5.46. The molecule has 5 heteroatoms. The first-order valence-corrected chi connectivity index (χ1v) is 8.85. The Morgan fingerprint density at radius 3 is 2.58 bits per heavy atom. The number of amides is 1. The van der Waals surface area contributed by atoms with Crippen molar-refractivity contribution >= 4 is 11.9 Å². The van der Waals surface area contributed by atoms with Crippen LogP contribution in [0.15, 0.2) is 48.5 Å². The Bertz CT molecular complexity index is 785. The third-order valence-corrected chi connectivity index (χ3v) is 4.90. The van der Waals surface area contributed by atoms with Gasteiger partial charge in [0.15, 0.2) is 0 Å². The van der Waals surface area contributed by atoms with E-state index in [9.17, 15) is 9.59 Å². The number of para-hydroxylation sites is 1. The molecular formula is C21H23NO4. The van der Waals surface area contributed by atoms with Gasteiger partial charge in [0.25, 0.3) is 0 Å². The number of nitrogens with zero attached hydrogens (tertiary/aromatic N) is 1. The van der Waals surface area contributed by atoms with E-state index < -0.39 is 5.97 Å². The van der Waals surface area contributed by atoms with Crippen LogP contribution in [-0.2, 0) is 11.2 Å².